The SMILES string of the molecule is Cc1cc(C)c(C(N)=S)c(N(CC2CC2)C2CC2)n1. The number of hydrogen-bond donors (Lipinski definition) is 1. The monoisotopic (exact) mass is 275 g/mol. The van der Waals surface area contributed by atoms with Gasteiger partial charge < -0.3 is 10.6 Å². The number of aryl methyl sites for hydroxylation is 2. The molecule has 3 rings (SSSR count). The van der Waals surface area contributed by atoms with Gasteiger partial charge >= 0.3 is 0 Å². The number of hydrogen-bond acceptors (Lipinski definition) is 3. The fourth-order valence-corrected chi connectivity index (χ4v) is 2.95. The Bertz CT molecular complexity index is 518. The molecule has 4 heteroatoms. The van der Waals surface area contributed by atoms with Crippen molar-refractivity contribution in [1.82, 2.24) is 4.98 Å². The lowest BCUT2D eigenvalue weighted by Crippen LogP contribution is -2.32. The van der Waals surface area contributed by atoms with Crippen LogP contribution in [0.5, 0.6) is 0 Å². The summed E-state index contributed by atoms with van der Waals surface area (Å²) in [4.78, 5) is 7.69. The second-order valence-electron chi connectivity index (χ2n) is 5.97. The minimum absolute atomic E-state index is 0.474. The molecule has 0 aliphatic heterocycles. The summed E-state index contributed by atoms with van der Waals surface area (Å²) in [6.07, 6.45) is 5.27. The number of pyridine rings is 1. The van der Waals surface area contributed by atoms with Crippen LogP contribution >= 0.6 is 12.2 Å². The topological polar surface area (TPSA) is 42.1 Å². The molecule has 2 fully saturated rings. The van der Waals surface area contributed by atoms with Crippen molar-refractivity contribution in [2.45, 2.75) is 45.6 Å². The molecule has 0 spiro atoms. The number of nitrogens with zero attached hydrogens (tertiary/aromatic N) is 2. The van der Waals surface area contributed by atoms with Crippen molar-refractivity contribution in [1.29, 1.82) is 0 Å². The van der Waals surface area contributed by atoms with Gasteiger partial charge in [-0.05, 0) is 57.1 Å². The summed E-state index contributed by atoms with van der Waals surface area (Å²) in [6.45, 7) is 5.24. The quantitative estimate of drug-likeness (QED) is 0.839. The van der Waals surface area contributed by atoms with Gasteiger partial charge in [0.1, 0.15) is 10.8 Å². The molecule has 2 aliphatic carbocycles. The Labute approximate surface area is 120 Å². The Morgan fingerprint density at radius 3 is 2.58 bits per heavy atom. The van der Waals surface area contributed by atoms with Crippen LogP contribution in [0.3, 0.4) is 0 Å². The van der Waals surface area contributed by atoms with E-state index in [1.54, 1.807) is 0 Å². The lowest BCUT2D eigenvalue weighted by atomic mass is 10.1. The molecule has 0 saturated heterocycles. The lowest BCUT2D eigenvalue weighted by molar-refractivity contribution is 0.706. The third-order valence-electron chi connectivity index (χ3n) is 3.98. The molecule has 1 heterocycles. The van der Waals surface area contributed by atoms with E-state index >= 15 is 0 Å². The second kappa shape index (κ2) is 4.75. The summed E-state index contributed by atoms with van der Waals surface area (Å²) < 4.78 is 0. The fraction of sp³-hybridized carbons (Fsp3) is 0.600. The molecule has 3 nitrogen and oxygen atoms in total. The summed E-state index contributed by atoms with van der Waals surface area (Å²) >= 11 is 5.25. The van der Waals surface area contributed by atoms with Crippen molar-refractivity contribution in [2.24, 2.45) is 11.7 Å². The summed E-state index contributed by atoms with van der Waals surface area (Å²) in [7, 11) is 0. The van der Waals surface area contributed by atoms with Gasteiger partial charge in [0.25, 0.3) is 0 Å². The number of nitrogens with two attached hydrogens (primary N) is 1. The Balaban J connectivity index is 2.02. The van der Waals surface area contributed by atoms with Crippen molar-refractivity contribution in [3.8, 4) is 0 Å². The van der Waals surface area contributed by atoms with Crippen LogP contribution in [0.1, 0.15) is 42.5 Å². The van der Waals surface area contributed by atoms with Gasteiger partial charge in [0.05, 0.1) is 5.56 Å². The first-order valence-electron chi connectivity index (χ1n) is 7.11. The highest BCUT2D eigenvalue weighted by Gasteiger charge is 2.36. The van der Waals surface area contributed by atoms with Crippen molar-refractivity contribution in [2.75, 3.05) is 11.4 Å². The summed E-state index contributed by atoms with van der Waals surface area (Å²) in [5.41, 5.74) is 9.11. The lowest BCUT2D eigenvalue weighted by Gasteiger charge is -2.27. The number of aromatic nitrogens is 1. The molecule has 2 N–H and O–H groups in total. The minimum Gasteiger partial charge on any atom is -0.389 e. The summed E-state index contributed by atoms with van der Waals surface area (Å²) in [6, 6.07) is 2.72. The highest BCUT2D eigenvalue weighted by Crippen LogP contribution is 2.38. The smallest absolute Gasteiger partial charge is 0.139 e. The predicted molar refractivity (Wildman–Crippen MR) is 82.7 cm³/mol. The van der Waals surface area contributed by atoms with E-state index in [1.807, 2.05) is 6.92 Å². The van der Waals surface area contributed by atoms with Crippen LogP contribution in [0.15, 0.2) is 6.07 Å². The van der Waals surface area contributed by atoms with E-state index in [0.29, 0.717) is 11.0 Å². The average Bonchev–Trinajstić information content (AvgIpc) is 3.17. The van der Waals surface area contributed by atoms with E-state index in [9.17, 15) is 0 Å². The highest BCUT2D eigenvalue weighted by molar-refractivity contribution is 7.80. The van der Waals surface area contributed by atoms with Crippen LogP contribution in [0.2, 0.25) is 0 Å². The van der Waals surface area contributed by atoms with Crippen LogP contribution in [-0.2, 0) is 0 Å². The zero-order valence-electron chi connectivity index (χ0n) is 11.6. The third kappa shape index (κ3) is 2.73. The highest BCUT2D eigenvalue weighted by atomic mass is 32.1. The van der Waals surface area contributed by atoms with Gasteiger partial charge in [-0.15, -0.1) is 0 Å². The molecule has 2 aliphatic rings. The second-order valence-corrected chi connectivity index (χ2v) is 6.41. The van der Waals surface area contributed by atoms with Crippen LogP contribution < -0.4 is 10.6 Å². The molecule has 1 aromatic heterocycles. The molecule has 1 aromatic rings. The molecular weight excluding hydrogens is 254 g/mol. The Morgan fingerprint density at radius 1 is 1.37 bits per heavy atom. The molecule has 0 atom stereocenters. The molecular formula is C15H21N3S. The predicted octanol–water partition coefficient (Wildman–Crippen LogP) is 2.71. The number of thiocarbonyl (C=S) groups is 1. The van der Waals surface area contributed by atoms with Crippen LogP contribution in [0, 0.1) is 19.8 Å². The minimum atomic E-state index is 0.474. The van der Waals surface area contributed by atoms with E-state index in [4.69, 9.17) is 22.9 Å². The van der Waals surface area contributed by atoms with E-state index in [2.05, 4.69) is 17.9 Å². The zero-order valence-corrected chi connectivity index (χ0v) is 12.5. The molecule has 0 aromatic carbocycles. The van der Waals surface area contributed by atoms with Crippen molar-refractivity contribution in [3.63, 3.8) is 0 Å². The standard InChI is InChI=1S/C15H21N3S/c1-9-7-10(2)17-15(13(9)14(16)19)18(12-5-6-12)8-11-3-4-11/h7,11-12H,3-6,8H2,1-2H3,(H2,16,19). The zero-order chi connectivity index (χ0) is 13.6. The van der Waals surface area contributed by atoms with Gasteiger partial charge in [-0.3, -0.25) is 0 Å². The molecule has 0 unspecified atom stereocenters. The van der Waals surface area contributed by atoms with Crippen LogP contribution in [-0.4, -0.2) is 22.6 Å². The summed E-state index contributed by atoms with van der Waals surface area (Å²) in [5.74, 6) is 1.88. The van der Waals surface area contributed by atoms with Crippen molar-refractivity contribution in [3.05, 3.63) is 22.9 Å². The van der Waals surface area contributed by atoms with Crippen molar-refractivity contribution >= 4 is 23.0 Å². The molecule has 19 heavy (non-hydrogen) atoms. The van der Waals surface area contributed by atoms with E-state index in [0.717, 1.165) is 35.1 Å². The Morgan fingerprint density at radius 2 is 2.05 bits per heavy atom. The largest absolute Gasteiger partial charge is 0.389 e. The molecule has 0 amide bonds. The first-order chi connectivity index (χ1) is 9.06. The Hall–Kier alpha value is -1.16. The number of rotatable bonds is 5. The van der Waals surface area contributed by atoms with Crippen LogP contribution in [0.4, 0.5) is 5.82 Å². The first-order valence-corrected chi connectivity index (χ1v) is 7.51. The van der Waals surface area contributed by atoms with Gasteiger partial charge in [-0.25, -0.2) is 4.98 Å². The fourth-order valence-electron chi connectivity index (χ4n) is 2.70. The van der Waals surface area contributed by atoms with E-state index < -0.39 is 0 Å². The summed E-state index contributed by atoms with van der Waals surface area (Å²) in [5, 5.41) is 0. The normalized spacial score (nSPS) is 18.4. The van der Waals surface area contributed by atoms with E-state index in [1.165, 1.54) is 25.7 Å². The molecule has 0 bridgehead atoms. The molecule has 102 valence electrons. The van der Waals surface area contributed by atoms with Gasteiger partial charge in [0.2, 0.25) is 0 Å². The number of anilines is 1. The molecule has 0 radical (unpaired) electrons. The first kappa shape index (κ1) is 12.9. The maximum absolute atomic E-state index is 5.94. The average molecular weight is 275 g/mol. The van der Waals surface area contributed by atoms with Gasteiger partial charge in [0, 0.05) is 18.3 Å². The molecule has 2 saturated carbocycles. The van der Waals surface area contributed by atoms with Crippen molar-refractivity contribution < 1.29 is 0 Å². The van der Waals surface area contributed by atoms with Gasteiger partial charge in [-0.2, -0.15) is 0 Å². The maximum Gasteiger partial charge on any atom is 0.139 e. The third-order valence-corrected chi connectivity index (χ3v) is 4.19. The van der Waals surface area contributed by atoms with E-state index in [-0.39, 0.29) is 0 Å². The van der Waals surface area contributed by atoms with Crippen LogP contribution in [0.25, 0.3) is 0 Å². The van der Waals surface area contributed by atoms with Gasteiger partial charge in [-0.1, -0.05) is 12.2 Å². The Kier molecular flexibility index (Phi) is 3.21. The maximum atomic E-state index is 5.94. The van der Waals surface area contributed by atoms with Gasteiger partial charge in [0.15, 0.2) is 0 Å².